The number of carbonyl (C=O) groups is 2. The lowest BCUT2D eigenvalue weighted by atomic mass is 9.48. The average molecular weight is 462 g/mol. The van der Waals surface area contributed by atoms with E-state index in [1.54, 1.807) is 6.92 Å². The molecule has 1 atom stereocenters. The highest BCUT2D eigenvalue weighted by atomic mass is 32.2. The third kappa shape index (κ3) is 3.90. The van der Waals surface area contributed by atoms with E-state index in [4.69, 9.17) is 9.47 Å². The fourth-order valence-electron chi connectivity index (χ4n) is 6.82. The van der Waals surface area contributed by atoms with Crippen LogP contribution in [0.3, 0.4) is 0 Å². The minimum absolute atomic E-state index is 0.0662. The van der Waals surface area contributed by atoms with Crippen molar-refractivity contribution in [3.63, 3.8) is 0 Å². The van der Waals surface area contributed by atoms with Gasteiger partial charge in [0.1, 0.15) is 0 Å². The molecule has 5 fully saturated rings. The summed E-state index contributed by atoms with van der Waals surface area (Å²) in [4.78, 5) is 26.2. The second-order valence-corrected chi connectivity index (χ2v) is 12.1. The molecule has 1 aliphatic heterocycles. The molecule has 0 unspecified atom stereocenters. The molecule has 1 aromatic carbocycles. The number of nitrogens with zero attached hydrogens (tertiary/aromatic N) is 1. The van der Waals surface area contributed by atoms with Gasteiger partial charge in [0.15, 0.2) is 11.9 Å². The normalized spacial score (nSPS) is 33.1. The van der Waals surface area contributed by atoms with E-state index in [1.807, 2.05) is 0 Å². The average Bonchev–Trinajstić information content (AvgIpc) is 2.78. The van der Waals surface area contributed by atoms with Crippen molar-refractivity contribution in [3.05, 3.63) is 29.8 Å². The van der Waals surface area contributed by atoms with Crippen LogP contribution in [0.15, 0.2) is 29.2 Å². The molecule has 1 saturated heterocycles. The minimum Gasteiger partial charge on any atom is -0.451 e. The molecule has 4 bridgehead atoms. The molecule has 174 valence electrons. The number of hydrogen-bond acceptors (Lipinski definition) is 6. The number of ether oxygens (including phenoxy) is 2. The van der Waals surface area contributed by atoms with Crippen molar-refractivity contribution >= 4 is 21.8 Å². The third-order valence-corrected chi connectivity index (χ3v) is 9.82. The van der Waals surface area contributed by atoms with Crippen LogP contribution in [0.2, 0.25) is 0 Å². The Kier molecular flexibility index (Phi) is 5.66. The lowest BCUT2D eigenvalue weighted by molar-refractivity contribution is -0.152. The fraction of sp³-hybridized carbons (Fsp3) is 0.667. The number of Topliss-reactive ketones (excluding diaryl/α,β-unsaturated/α-hetero) is 1. The van der Waals surface area contributed by atoms with E-state index in [0.29, 0.717) is 44.1 Å². The Labute approximate surface area is 189 Å². The maximum absolute atomic E-state index is 13.4. The summed E-state index contributed by atoms with van der Waals surface area (Å²) in [6, 6.07) is 5.76. The second kappa shape index (κ2) is 8.22. The van der Waals surface area contributed by atoms with Crippen LogP contribution in [-0.4, -0.2) is 56.9 Å². The zero-order valence-corrected chi connectivity index (χ0v) is 19.3. The van der Waals surface area contributed by atoms with Gasteiger partial charge in [-0.25, -0.2) is 13.2 Å². The lowest BCUT2D eigenvalue weighted by Crippen LogP contribution is -2.52. The maximum atomic E-state index is 13.4. The molecule has 6 rings (SSSR count). The predicted octanol–water partition coefficient (Wildman–Crippen LogP) is 3.04. The molecule has 1 aromatic rings. The molecule has 4 saturated carbocycles. The maximum Gasteiger partial charge on any atom is 0.338 e. The smallest absolute Gasteiger partial charge is 0.338 e. The van der Waals surface area contributed by atoms with E-state index in [0.717, 1.165) is 19.3 Å². The van der Waals surface area contributed by atoms with Crippen molar-refractivity contribution in [2.75, 3.05) is 26.3 Å². The van der Waals surface area contributed by atoms with Crippen LogP contribution in [0.5, 0.6) is 0 Å². The Bertz CT molecular complexity index is 961. The summed E-state index contributed by atoms with van der Waals surface area (Å²) in [6.07, 6.45) is 5.77. The van der Waals surface area contributed by atoms with Crippen LogP contribution in [0.4, 0.5) is 0 Å². The van der Waals surface area contributed by atoms with Crippen molar-refractivity contribution < 1.29 is 27.5 Å². The highest BCUT2D eigenvalue weighted by Gasteiger charge is 2.55. The Morgan fingerprint density at radius 3 is 2.06 bits per heavy atom. The van der Waals surface area contributed by atoms with Crippen molar-refractivity contribution in [1.29, 1.82) is 0 Å². The zero-order chi connectivity index (χ0) is 22.5. The van der Waals surface area contributed by atoms with Gasteiger partial charge in [0.05, 0.1) is 23.7 Å². The summed E-state index contributed by atoms with van der Waals surface area (Å²) in [7, 11) is -3.62. The highest BCUT2D eigenvalue weighted by molar-refractivity contribution is 7.89. The first-order valence-electron chi connectivity index (χ1n) is 11.7. The molecular formula is C24H31NO6S. The zero-order valence-electron chi connectivity index (χ0n) is 18.5. The predicted molar refractivity (Wildman–Crippen MR) is 117 cm³/mol. The van der Waals surface area contributed by atoms with Crippen LogP contribution in [0.25, 0.3) is 0 Å². The van der Waals surface area contributed by atoms with Crippen molar-refractivity contribution in [1.82, 2.24) is 4.31 Å². The number of morpholine rings is 1. The van der Waals surface area contributed by atoms with E-state index < -0.39 is 22.1 Å². The number of sulfonamides is 1. The monoisotopic (exact) mass is 461 g/mol. The molecule has 32 heavy (non-hydrogen) atoms. The summed E-state index contributed by atoms with van der Waals surface area (Å²) < 4.78 is 37.7. The van der Waals surface area contributed by atoms with Crippen LogP contribution in [0, 0.1) is 23.2 Å². The quantitative estimate of drug-likeness (QED) is 0.605. The van der Waals surface area contributed by atoms with E-state index >= 15 is 0 Å². The van der Waals surface area contributed by atoms with Gasteiger partial charge in [-0.2, -0.15) is 4.31 Å². The van der Waals surface area contributed by atoms with Crippen LogP contribution in [0.1, 0.15) is 55.8 Å². The SMILES string of the molecule is C[C@H](OC(=O)c1ccc(S(=O)(=O)N2CCOCC2)cc1)C(=O)C12CC3CC(CC(C3)C1)C2. The molecule has 0 spiro atoms. The molecular weight excluding hydrogens is 430 g/mol. The molecule has 5 aliphatic rings. The van der Waals surface area contributed by atoms with Gasteiger partial charge in [-0.1, -0.05) is 0 Å². The summed E-state index contributed by atoms with van der Waals surface area (Å²) in [5, 5.41) is 0. The number of rotatable bonds is 6. The largest absolute Gasteiger partial charge is 0.451 e. The summed E-state index contributed by atoms with van der Waals surface area (Å²) >= 11 is 0. The first-order chi connectivity index (χ1) is 15.3. The Balaban J connectivity index is 1.24. The first kappa shape index (κ1) is 22.0. The number of esters is 1. The Morgan fingerprint density at radius 1 is 1.00 bits per heavy atom. The van der Waals surface area contributed by atoms with E-state index in [-0.39, 0.29) is 21.7 Å². The molecule has 0 radical (unpaired) electrons. The molecule has 0 N–H and O–H groups in total. The summed E-state index contributed by atoms with van der Waals surface area (Å²) in [5.74, 6) is 1.42. The third-order valence-electron chi connectivity index (χ3n) is 7.91. The molecule has 7 nitrogen and oxygen atoms in total. The van der Waals surface area contributed by atoms with Gasteiger partial charge in [0, 0.05) is 18.5 Å². The highest BCUT2D eigenvalue weighted by Crippen LogP contribution is 2.60. The molecule has 4 aliphatic carbocycles. The number of hydrogen-bond donors (Lipinski definition) is 0. The van der Waals surface area contributed by atoms with Gasteiger partial charge < -0.3 is 9.47 Å². The van der Waals surface area contributed by atoms with Gasteiger partial charge in [0.2, 0.25) is 10.0 Å². The molecule has 1 heterocycles. The van der Waals surface area contributed by atoms with Crippen LogP contribution >= 0.6 is 0 Å². The van der Waals surface area contributed by atoms with Gasteiger partial charge in [-0.3, -0.25) is 4.79 Å². The van der Waals surface area contributed by atoms with Crippen LogP contribution in [-0.2, 0) is 24.3 Å². The second-order valence-electron chi connectivity index (χ2n) is 10.2. The first-order valence-corrected chi connectivity index (χ1v) is 13.1. The van der Waals surface area contributed by atoms with E-state index in [1.165, 1.54) is 47.8 Å². The van der Waals surface area contributed by atoms with E-state index in [2.05, 4.69) is 0 Å². The molecule has 8 heteroatoms. The standard InChI is InChI=1S/C24H31NO6S/c1-16(22(26)24-13-17-10-18(14-24)12-19(11-17)15-24)31-23(27)20-2-4-21(5-3-20)32(28,29)25-6-8-30-9-7-25/h2-5,16-19H,6-15H2,1H3/t16-,17?,18?,19?,24?/m0/s1. The minimum atomic E-state index is -3.62. The van der Waals surface area contributed by atoms with Crippen molar-refractivity contribution in [3.8, 4) is 0 Å². The number of benzene rings is 1. The van der Waals surface area contributed by atoms with Gasteiger partial charge in [-0.05, 0) is 87.5 Å². The number of ketones is 1. The summed E-state index contributed by atoms with van der Waals surface area (Å²) in [5.41, 5.74) is -0.0686. The molecule has 0 aromatic heterocycles. The lowest BCUT2D eigenvalue weighted by Gasteiger charge is -2.56. The van der Waals surface area contributed by atoms with E-state index in [9.17, 15) is 18.0 Å². The van der Waals surface area contributed by atoms with Crippen molar-refractivity contribution in [2.45, 2.75) is 56.4 Å². The fourth-order valence-corrected chi connectivity index (χ4v) is 8.23. The Hall–Kier alpha value is -1.77. The topological polar surface area (TPSA) is 90.0 Å². The van der Waals surface area contributed by atoms with Crippen LogP contribution < -0.4 is 0 Å². The van der Waals surface area contributed by atoms with Gasteiger partial charge in [-0.15, -0.1) is 0 Å². The van der Waals surface area contributed by atoms with Crippen molar-refractivity contribution in [2.24, 2.45) is 23.2 Å². The number of carbonyl (C=O) groups excluding carboxylic acids is 2. The van der Waals surface area contributed by atoms with Gasteiger partial charge in [0.25, 0.3) is 0 Å². The Morgan fingerprint density at radius 2 is 1.53 bits per heavy atom. The molecule has 0 amide bonds. The van der Waals surface area contributed by atoms with Gasteiger partial charge >= 0.3 is 5.97 Å². The summed E-state index contributed by atoms with van der Waals surface area (Å²) in [6.45, 7) is 3.06.